The Labute approximate surface area is 152 Å². The smallest absolute Gasteiger partial charge is 0.203 e. The monoisotopic (exact) mass is 381 g/mol. The zero-order valence-electron chi connectivity index (χ0n) is 11.6. The third-order valence-corrected chi connectivity index (χ3v) is 4.90. The van der Waals surface area contributed by atoms with Gasteiger partial charge in [0.15, 0.2) is 0 Å². The first-order valence-corrected chi connectivity index (χ1v) is 8.60. The fourth-order valence-corrected chi connectivity index (χ4v) is 3.18. The first-order chi connectivity index (χ1) is 11.1. The lowest BCUT2D eigenvalue weighted by molar-refractivity contribution is 1.29. The molecule has 23 heavy (non-hydrogen) atoms. The minimum atomic E-state index is 0.369. The summed E-state index contributed by atoms with van der Waals surface area (Å²) in [6, 6.07) is 13.3. The number of anilines is 1. The molecule has 0 saturated carbocycles. The molecule has 0 amide bonds. The molecule has 3 nitrogen and oxygen atoms in total. The molecule has 0 atom stereocenters. The fraction of sp³-hybridized carbons (Fsp3) is 0. The van der Waals surface area contributed by atoms with Crippen molar-refractivity contribution in [3.63, 3.8) is 0 Å². The Morgan fingerprint density at radius 1 is 1.00 bits per heavy atom. The topological polar surface area (TPSA) is 37.3 Å². The standard InChI is InChI=1S/C16H10Cl3N3S/c17-12-6-7-13(18)15(19)11(12)8-20-22-16-21-14(9-23-16)10-4-2-1-3-5-10/h1-9H,(H,21,22). The highest BCUT2D eigenvalue weighted by molar-refractivity contribution is 7.14. The summed E-state index contributed by atoms with van der Waals surface area (Å²) in [7, 11) is 0. The molecule has 116 valence electrons. The van der Waals surface area contributed by atoms with Crippen molar-refractivity contribution in [2.45, 2.75) is 0 Å². The van der Waals surface area contributed by atoms with Gasteiger partial charge in [0.25, 0.3) is 0 Å². The van der Waals surface area contributed by atoms with Crippen molar-refractivity contribution in [2.24, 2.45) is 5.10 Å². The zero-order valence-corrected chi connectivity index (χ0v) is 14.7. The molecule has 0 fully saturated rings. The molecule has 3 rings (SSSR count). The summed E-state index contributed by atoms with van der Waals surface area (Å²) in [6.45, 7) is 0. The van der Waals surface area contributed by atoms with Crippen molar-refractivity contribution in [1.29, 1.82) is 0 Å². The molecule has 7 heteroatoms. The number of hydrogen-bond donors (Lipinski definition) is 1. The number of thiazole rings is 1. The van der Waals surface area contributed by atoms with Crippen LogP contribution in [0.3, 0.4) is 0 Å². The summed E-state index contributed by atoms with van der Waals surface area (Å²) >= 11 is 19.6. The number of rotatable bonds is 4. The van der Waals surface area contributed by atoms with E-state index in [1.165, 1.54) is 17.6 Å². The molecule has 0 radical (unpaired) electrons. The van der Waals surface area contributed by atoms with E-state index < -0.39 is 0 Å². The zero-order chi connectivity index (χ0) is 16.2. The van der Waals surface area contributed by atoms with Gasteiger partial charge in [-0.1, -0.05) is 65.1 Å². The Hall–Kier alpha value is -1.59. The van der Waals surface area contributed by atoms with Crippen LogP contribution in [0.25, 0.3) is 11.3 Å². The van der Waals surface area contributed by atoms with E-state index in [4.69, 9.17) is 34.8 Å². The van der Waals surface area contributed by atoms with Crippen LogP contribution in [-0.2, 0) is 0 Å². The van der Waals surface area contributed by atoms with Gasteiger partial charge in [-0.2, -0.15) is 5.10 Å². The molecular formula is C16H10Cl3N3S. The van der Waals surface area contributed by atoms with Gasteiger partial charge < -0.3 is 0 Å². The molecule has 0 spiro atoms. The first-order valence-electron chi connectivity index (χ1n) is 6.58. The van der Waals surface area contributed by atoms with Crippen molar-refractivity contribution >= 4 is 57.5 Å². The predicted molar refractivity (Wildman–Crippen MR) is 100 cm³/mol. The lowest BCUT2D eigenvalue weighted by Gasteiger charge is -2.02. The van der Waals surface area contributed by atoms with Crippen LogP contribution in [0.15, 0.2) is 52.9 Å². The highest BCUT2D eigenvalue weighted by Crippen LogP contribution is 2.30. The Balaban J connectivity index is 1.75. The van der Waals surface area contributed by atoms with Gasteiger partial charge in [-0.05, 0) is 12.1 Å². The highest BCUT2D eigenvalue weighted by atomic mass is 35.5. The van der Waals surface area contributed by atoms with Gasteiger partial charge in [0.2, 0.25) is 5.13 Å². The normalized spacial score (nSPS) is 11.1. The van der Waals surface area contributed by atoms with E-state index in [0.29, 0.717) is 25.8 Å². The van der Waals surface area contributed by atoms with Crippen LogP contribution in [0, 0.1) is 0 Å². The molecule has 1 N–H and O–H groups in total. The number of halogens is 3. The lowest BCUT2D eigenvalue weighted by Crippen LogP contribution is -1.92. The molecule has 0 unspecified atom stereocenters. The van der Waals surface area contributed by atoms with Crippen molar-refractivity contribution in [3.05, 3.63) is 68.5 Å². The van der Waals surface area contributed by atoms with Gasteiger partial charge >= 0.3 is 0 Å². The number of aromatic nitrogens is 1. The third kappa shape index (κ3) is 3.85. The van der Waals surface area contributed by atoms with Crippen LogP contribution in [-0.4, -0.2) is 11.2 Å². The van der Waals surface area contributed by atoms with Crippen LogP contribution in [0.5, 0.6) is 0 Å². The molecule has 3 aromatic rings. The molecule has 1 heterocycles. The Kier molecular flexibility index (Phi) is 5.18. The molecule has 2 aromatic carbocycles. The maximum absolute atomic E-state index is 6.12. The summed E-state index contributed by atoms with van der Waals surface area (Å²) in [5.74, 6) is 0. The van der Waals surface area contributed by atoms with E-state index in [1.54, 1.807) is 12.1 Å². The van der Waals surface area contributed by atoms with Crippen molar-refractivity contribution in [2.75, 3.05) is 5.43 Å². The summed E-state index contributed by atoms with van der Waals surface area (Å²) in [4.78, 5) is 4.48. The van der Waals surface area contributed by atoms with Gasteiger partial charge in [0, 0.05) is 16.5 Å². The second-order valence-corrected chi connectivity index (χ2v) is 6.58. The van der Waals surface area contributed by atoms with Crippen molar-refractivity contribution < 1.29 is 0 Å². The molecule has 1 aromatic heterocycles. The summed E-state index contributed by atoms with van der Waals surface area (Å²) < 4.78 is 0. The van der Waals surface area contributed by atoms with E-state index in [0.717, 1.165) is 11.3 Å². The first kappa shape index (κ1) is 16.3. The van der Waals surface area contributed by atoms with Gasteiger partial charge in [0.1, 0.15) is 0 Å². The number of hydrogen-bond acceptors (Lipinski definition) is 4. The van der Waals surface area contributed by atoms with Gasteiger partial charge in [-0.15, -0.1) is 11.3 Å². The van der Waals surface area contributed by atoms with E-state index in [1.807, 2.05) is 35.7 Å². The number of hydrazone groups is 1. The second-order valence-electron chi connectivity index (χ2n) is 4.53. The van der Waals surface area contributed by atoms with E-state index in [2.05, 4.69) is 15.5 Å². The molecule has 0 saturated heterocycles. The fourth-order valence-electron chi connectivity index (χ4n) is 1.88. The average molecular weight is 383 g/mol. The quantitative estimate of drug-likeness (QED) is 0.330. The van der Waals surface area contributed by atoms with Crippen LogP contribution in [0.4, 0.5) is 5.13 Å². The van der Waals surface area contributed by atoms with E-state index >= 15 is 0 Å². The minimum absolute atomic E-state index is 0.369. The van der Waals surface area contributed by atoms with Crippen LogP contribution in [0.1, 0.15) is 5.56 Å². The second kappa shape index (κ2) is 7.32. The molecular weight excluding hydrogens is 373 g/mol. The summed E-state index contributed by atoms with van der Waals surface area (Å²) in [6.07, 6.45) is 1.53. The average Bonchev–Trinajstić information content (AvgIpc) is 3.04. The minimum Gasteiger partial charge on any atom is -0.253 e. The van der Waals surface area contributed by atoms with Crippen LogP contribution >= 0.6 is 46.1 Å². The van der Waals surface area contributed by atoms with E-state index in [9.17, 15) is 0 Å². The maximum atomic E-state index is 6.12. The van der Waals surface area contributed by atoms with Crippen molar-refractivity contribution in [3.8, 4) is 11.3 Å². The Morgan fingerprint density at radius 3 is 2.52 bits per heavy atom. The number of nitrogens with zero attached hydrogens (tertiary/aromatic N) is 2. The molecule has 0 aliphatic heterocycles. The number of benzene rings is 2. The number of nitrogens with one attached hydrogen (secondary N) is 1. The SMILES string of the molecule is Clc1ccc(Cl)c(C=NNc2nc(-c3ccccc3)cs2)c1Cl. The molecule has 0 aliphatic carbocycles. The maximum Gasteiger partial charge on any atom is 0.203 e. The Bertz CT molecular complexity index is 847. The van der Waals surface area contributed by atoms with Crippen LogP contribution in [0.2, 0.25) is 15.1 Å². The van der Waals surface area contributed by atoms with E-state index in [-0.39, 0.29) is 0 Å². The summed E-state index contributed by atoms with van der Waals surface area (Å²) in [5.41, 5.74) is 5.39. The molecule has 0 bridgehead atoms. The Morgan fingerprint density at radius 2 is 1.74 bits per heavy atom. The molecule has 0 aliphatic rings. The van der Waals surface area contributed by atoms with Crippen LogP contribution < -0.4 is 5.43 Å². The largest absolute Gasteiger partial charge is 0.253 e. The predicted octanol–water partition coefficient (Wildman–Crippen LogP) is 6.22. The van der Waals surface area contributed by atoms with Crippen molar-refractivity contribution in [1.82, 2.24) is 4.98 Å². The van der Waals surface area contributed by atoms with Gasteiger partial charge in [0.05, 0.1) is 27.0 Å². The van der Waals surface area contributed by atoms with Gasteiger partial charge in [-0.25, -0.2) is 4.98 Å². The van der Waals surface area contributed by atoms with Gasteiger partial charge in [-0.3, -0.25) is 5.43 Å². The highest BCUT2D eigenvalue weighted by Gasteiger charge is 2.07. The summed E-state index contributed by atoms with van der Waals surface area (Å²) in [5, 5.41) is 8.05. The third-order valence-electron chi connectivity index (χ3n) is 3.01. The lowest BCUT2D eigenvalue weighted by atomic mass is 10.2.